The number of hydrazone groups is 1. The zero-order valence-corrected chi connectivity index (χ0v) is 20.0. The molecule has 0 saturated heterocycles. The highest BCUT2D eigenvalue weighted by molar-refractivity contribution is 7.99. The lowest BCUT2D eigenvalue weighted by atomic mass is 10.1. The Morgan fingerprint density at radius 3 is 2.53 bits per heavy atom. The summed E-state index contributed by atoms with van der Waals surface area (Å²) in [5.41, 5.74) is 2.91. The monoisotopic (exact) mass is 484 g/mol. The third-order valence-electron chi connectivity index (χ3n) is 4.96. The average Bonchev–Trinajstić information content (AvgIpc) is 3.39. The Morgan fingerprint density at radius 1 is 1.09 bits per heavy atom. The van der Waals surface area contributed by atoms with Gasteiger partial charge in [-0.05, 0) is 55.8 Å². The van der Waals surface area contributed by atoms with Gasteiger partial charge in [-0.25, -0.2) is 5.43 Å². The van der Waals surface area contributed by atoms with E-state index >= 15 is 0 Å². The fourth-order valence-corrected chi connectivity index (χ4v) is 3.77. The van der Waals surface area contributed by atoms with Gasteiger partial charge in [0.25, 0.3) is 0 Å². The fourth-order valence-electron chi connectivity index (χ4n) is 2.97. The van der Waals surface area contributed by atoms with Crippen LogP contribution < -0.4 is 10.7 Å². The number of hydrogen-bond acceptors (Lipinski definition) is 8. The normalized spacial score (nSPS) is 11.1. The highest BCUT2D eigenvalue weighted by atomic mass is 32.2. The van der Waals surface area contributed by atoms with Crippen molar-refractivity contribution < 1.29 is 19.1 Å². The number of carbonyl (C=O) groups is 2. The number of phenols is 1. The van der Waals surface area contributed by atoms with Gasteiger partial charge in [0, 0.05) is 19.9 Å². The van der Waals surface area contributed by atoms with Crippen molar-refractivity contribution in [3.8, 4) is 5.75 Å². The maximum Gasteiger partial charge on any atom is 0.240 e. The number of anilines is 1. The number of carbonyl (C=O) groups excluding carboxylic acids is 2. The van der Waals surface area contributed by atoms with Crippen LogP contribution in [0.25, 0.3) is 0 Å². The first-order valence-corrected chi connectivity index (χ1v) is 11.8. The first-order chi connectivity index (χ1) is 16.4. The van der Waals surface area contributed by atoms with Gasteiger partial charge in [0.15, 0.2) is 10.2 Å². The number of rotatable bonds is 12. The van der Waals surface area contributed by atoms with Gasteiger partial charge in [-0.1, -0.05) is 25.0 Å². The molecule has 2 amide bonds. The summed E-state index contributed by atoms with van der Waals surface area (Å²) in [5.74, 6) is 1.06. The third kappa shape index (κ3) is 7.77. The molecule has 3 rings (SSSR count). The van der Waals surface area contributed by atoms with Gasteiger partial charge in [-0.3, -0.25) is 9.59 Å². The predicted octanol–water partition coefficient (Wildman–Crippen LogP) is 4.00. The Kier molecular flexibility index (Phi) is 9.27. The van der Waals surface area contributed by atoms with Crippen molar-refractivity contribution in [2.75, 3.05) is 5.32 Å². The second kappa shape index (κ2) is 12.6. The van der Waals surface area contributed by atoms with Crippen LogP contribution in [-0.2, 0) is 16.6 Å². The summed E-state index contributed by atoms with van der Waals surface area (Å²) in [6.45, 7) is 1.87. The molecule has 0 radical (unpaired) electrons. The van der Waals surface area contributed by atoms with Gasteiger partial charge in [-0.15, -0.1) is 10.2 Å². The van der Waals surface area contributed by atoms with Crippen molar-refractivity contribution in [3.05, 3.63) is 48.0 Å². The van der Waals surface area contributed by atoms with E-state index in [0.717, 1.165) is 23.8 Å². The molecule has 3 N–H and O–H groups in total. The molecule has 0 aliphatic carbocycles. The first kappa shape index (κ1) is 25.0. The minimum Gasteiger partial charge on any atom is -0.506 e. The standard InChI is InChI=1S/C23H28N6O4S/c1-16-26-28-23(29(16)2)34-22-14-13-17(33-22)15-24-27-21(32)12-6-4-3-5-11-20(31)25-18-9-7-8-10-19(18)30/h7-10,13-15,30H,3-6,11-12H2,1-2H3,(H,25,31)(H,27,32)/b24-15+. The highest BCUT2D eigenvalue weighted by Gasteiger charge is 2.10. The van der Waals surface area contributed by atoms with E-state index in [-0.39, 0.29) is 17.6 Å². The van der Waals surface area contributed by atoms with Crippen LogP contribution in [0, 0.1) is 6.92 Å². The van der Waals surface area contributed by atoms with E-state index in [4.69, 9.17) is 4.42 Å². The molecule has 34 heavy (non-hydrogen) atoms. The van der Waals surface area contributed by atoms with Gasteiger partial charge in [-0.2, -0.15) is 5.10 Å². The molecular formula is C23H28N6O4S. The van der Waals surface area contributed by atoms with Gasteiger partial charge in [0.1, 0.15) is 17.3 Å². The molecule has 0 atom stereocenters. The van der Waals surface area contributed by atoms with Gasteiger partial charge in [0.05, 0.1) is 11.9 Å². The Hall–Kier alpha value is -3.60. The van der Waals surface area contributed by atoms with Gasteiger partial charge in [0.2, 0.25) is 11.8 Å². The van der Waals surface area contributed by atoms with Crippen LogP contribution in [0.1, 0.15) is 50.1 Å². The number of amides is 2. The van der Waals surface area contributed by atoms with Crippen molar-refractivity contribution >= 4 is 35.5 Å². The number of furan rings is 1. The molecule has 0 bridgehead atoms. The van der Waals surface area contributed by atoms with Crippen molar-refractivity contribution in [3.63, 3.8) is 0 Å². The molecular weight excluding hydrogens is 456 g/mol. The molecule has 0 saturated carbocycles. The van der Waals surface area contributed by atoms with Crippen LogP contribution in [0.3, 0.4) is 0 Å². The number of nitrogens with zero attached hydrogens (tertiary/aromatic N) is 4. The van der Waals surface area contributed by atoms with Crippen LogP contribution in [0.2, 0.25) is 0 Å². The Morgan fingerprint density at radius 2 is 1.82 bits per heavy atom. The number of aromatic nitrogens is 3. The molecule has 3 aromatic rings. The molecule has 0 unspecified atom stereocenters. The van der Waals surface area contributed by atoms with Crippen LogP contribution in [-0.4, -0.2) is 37.9 Å². The molecule has 0 aliphatic rings. The summed E-state index contributed by atoms with van der Waals surface area (Å²) in [6.07, 6.45) is 5.26. The summed E-state index contributed by atoms with van der Waals surface area (Å²) in [5, 5.41) is 25.7. The topological polar surface area (TPSA) is 135 Å². The van der Waals surface area contributed by atoms with Crippen LogP contribution >= 0.6 is 11.8 Å². The Labute approximate surface area is 201 Å². The second-order valence-corrected chi connectivity index (χ2v) is 8.59. The van der Waals surface area contributed by atoms with E-state index in [1.165, 1.54) is 24.0 Å². The van der Waals surface area contributed by atoms with Gasteiger partial charge >= 0.3 is 0 Å². The summed E-state index contributed by atoms with van der Waals surface area (Å²) < 4.78 is 7.52. The maximum atomic E-state index is 11.9. The average molecular weight is 485 g/mol. The maximum absolute atomic E-state index is 11.9. The molecule has 10 nitrogen and oxygen atoms in total. The molecule has 180 valence electrons. The number of unbranched alkanes of at least 4 members (excludes halogenated alkanes) is 3. The Balaban J connectivity index is 1.26. The van der Waals surface area contributed by atoms with E-state index in [0.29, 0.717) is 42.2 Å². The van der Waals surface area contributed by atoms with Crippen molar-refractivity contribution in [2.24, 2.45) is 12.1 Å². The lowest BCUT2D eigenvalue weighted by Gasteiger charge is -2.06. The summed E-state index contributed by atoms with van der Waals surface area (Å²) in [4.78, 5) is 23.9. The number of benzene rings is 1. The first-order valence-electron chi connectivity index (χ1n) is 11.0. The zero-order valence-electron chi connectivity index (χ0n) is 19.2. The quantitative estimate of drug-likeness (QED) is 0.153. The zero-order chi connectivity index (χ0) is 24.3. The predicted molar refractivity (Wildman–Crippen MR) is 129 cm³/mol. The van der Waals surface area contributed by atoms with E-state index in [1.54, 1.807) is 30.3 Å². The smallest absolute Gasteiger partial charge is 0.240 e. The number of nitrogens with one attached hydrogen (secondary N) is 2. The minimum atomic E-state index is -0.177. The van der Waals surface area contributed by atoms with E-state index in [9.17, 15) is 14.7 Å². The highest BCUT2D eigenvalue weighted by Crippen LogP contribution is 2.27. The number of para-hydroxylation sites is 2. The fraction of sp³-hybridized carbons (Fsp3) is 0.348. The second-order valence-electron chi connectivity index (χ2n) is 7.62. The van der Waals surface area contributed by atoms with Crippen LogP contribution in [0.4, 0.5) is 5.69 Å². The lowest BCUT2D eigenvalue weighted by Crippen LogP contribution is -2.16. The lowest BCUT2D eigenvalue weighted by molar-refractivity contribution is -0.121. The molecule has 2 aromatic heterocycles. The molecule has 0 aliphatic heterocycles. The number of aryl methyl sites for hydroxylation is 1. The largest absolute Gasteiger partial charge is 0.506 e. The van der Waals surface area contributed by atoms with Crippen LogP contribution in [0.5, 0.6) is 5.75 Å². The summed E-state index contributed by atoms with van der Waals surface area (Å²) in [7, 11) is 1.88. The molecule has 0 fully saturated rings. The Bertz CT molecular complexity index is 1140. The number of hydrogen-bond donors (Lipinski definition) is 3. The van der Waals surface area contributed by atoms with Crippen molar-refractivity contribution in [1.82, 2.24) is 20.2 Å². The number of phenolic OH excluding ortho intramolecular Hbond substituents is 1. The van der Waals surface area contributed by atoms with Crippen molar-refractivity contribution in [2.45, 2.75) is 55.7 Å². The van der Waals surface area contributed by atoms with E-state index in [2.05, 4.69) is 26.0 Å². The summed E-state index contributed by atoms with van der Waals surface area (Å²) in [6, 6.07) is 10.2. The van der Waals surface area contributed by atoms with E-state index in [1.807, 2.05) is 18.5 Å². The molecule has 11 heteroatoms. The number of aromatic hydroxyl groups is 1. The van der Waals surface area contributed by atoms with Crippen molar-refractivity contribution in [1.29, 1.82) is 0 Å². The molecule has 0 spiro atoms. The molecule has 2 heterocycles. The third-order valence-corrected chi connectivity index (χ3v) is 5.92. The van der Waals surface area contributed by atoms with Gasteiger partial charge < -0.3 is 19.4 Å². The summed E-state index contributed by atoms with van der Waals surface area (Å²) >= 11 is 1.35. The molecule has 1 aromatic carbocycles. The minimum absolute atomic E-state index is 0.0490. The van der Waals surface area contributed by atoms with E-state index < -0.39 is 0 Å². The van der Waals surface area contributed by atoms with Crippen LogP contribution in [0.15, 0.2) is 56.2 Å². The SMILES string of the molecule is Cc1nnc(Sc2ccc(/C=N/NC(=O)CCCCCCC(=O)Nc3ccccc3O)o2)n1C.